The summed E-state index contributed by atoms with van der Waals surface area (Å²) in [5.74, 6) is 0.301. The van der Waals surface area contributed by atoms with E-state index in [1.807, 2.05) is 26.0 Å². The molecular weight excluding hydrogens is 278 g/mol. The van der Waals surface area contributed by atoms with Gasteiger partial charge in [-0.05, 0) is 35.9 Å². The summed E-state index contributed by atoms with van der Waals surface area (Å²) in [6, 6.07) is 10.7. The molecule has 0 spiro atoms. The van der Waals surface area contributed by atoms with Crippen LogP contribution in [0.15, 0.2) is 42.6 Å². The zero-order chi connectivity index (χ0) is 15.7. The molecular formula is C17H17N3O2. The summed E-state index contributed by atoms with van der Waals surface area (Å²) in [6.45, 7) is 4.01. The molecule has 1 aromatic heterocycles. The van der Waals surface area contributed by atoms with Crippen LogP contribution >= 0.6 is 0 Å². The fourth-order valence-electron chi connectivity index (χ4n) is 2.67. The van der Waals surface area contributed by atoms with Gasteiger partial charge in [-0.25, -0.2) is 4.98 Å². The van der Waals surface area contributed by atoms with E-state index in [2.05, 4.69) is 15.6 Å². The standard InChI is InChI=1S/C17H17N3O2/c1-17(2)10-15(21)19-13-7-6-11(9-12(13)17)16(22)20-14-5-3-4-8-18-14/h3-9H,10H2,1-2H3,(H,19,21)(H,18,20,22). The Labute approximate surface area is 128 Å². The Morgan fingerprint density at radius 1 is 1.27 bits per heavy atom. The highest BCUT2D eigenvalue weighted by Crippen LogP contribution is 2.37. The molecule has 1 aliphatic heterocycles. The van der Waals surface area contributed by atoms with Gasteiger partial charge < -0.3 is 10.6 Å². The van der Waals surface area contributed by atoms with Gasteiger partial charge in [-0.15, -0.1) is 0 Å². The van der Waals surface area contributed by atoms with Gasteiger partial charge in [0.2, 0.25) is 5.91 Å². The molecule has 5 heteroatoms. The fourth-order valence-corrected chi connectivity index (χ4v) is 2.67. The number of aromatic nitrogens is 1. The van der Waals surface area contributed by atoms with Gasteiger partial charge in [-0.3, -0.25) is 9.59 Å². The third kappa shape index (κ3) is 2.70. The summed E-state index contributed by atoms with van der Waals surface area (Å²) < 4.78 is 0. The summed E-state index contributed by atoms with van der Waals surface area (Å²) in [7, 11) is 0. The van der Waals surface area contributed by atoms with E-state index < -0.39 is 0 Å². The summed E-state index contributed by atoms with van der Waals surface area (Å²) >= 11 is 0. The van der Waals surface area contributed by atoms with E-state index in [9.17, 15) is 9.59 Å². The summed E-state index contributed by atoms with van der Waals surface area (Å²) in [4.78, 5) is 28.1. The van der Waals surface area contributed by atoms with Crippen molar-refractivity contribution in [2.24, 2.45) is 0 Å². The molecule has 112 valence electrons. The number of benzene rings is 1. The lowest BCUT2D eigenvalue weighted by Crippen LogP contribution is -2.32. The van der Waals surface area contributed by atoms with Gasteiger partial charge in [-0.1, -0.05) is 19.9 Å². The number of nitrogens with one attached hydrogen (secondary N) is 2. The van der Waals surface area contributed by atoms with E-state index in [-0.39, 0.29) is 17.2 Å². The predicted octanol–water partition coefficient (Wildman–Crippen LogP) is 2.95. The van der Waals surface area contributed by atoms with Crippen molar-refractivity contribution in [1.29, 1.82) is 0 Å². The highest BCUT2D eigenvalue weighted by molar-refractivity contribution is 6.05. The lowest BCUT2D eigenvalue weighted by molar-refractivity contribution is -0.117. The molecule has 5 nitrogen and oxygen atoms in total. The van der Waals surface area contributed by atoms with Crippen molar-refractivity contribution >= 4 is 23.3 Å². The lowest BCUT2D eigenvalue weighted by Gasteiger charge is -2.32. The maximum atomic E-state index is 12.3. The predicted molar refractivity (Wildman–Crippen MR) is 84.9 cm³/mol. The molecule has 0 fully saturated rings. The number of carbonyl (C=O) groups excluding carboxylic acids is 2. The summed E-state index contributed by atoms with van der Waals surface area (Å²) in [5, 5.41) is 5.61. The van der Waals surface area contributed by atoms with E-state index in [0.717, 1.165) is 11.3 Å². The average molecular weight is 295 g/mol. The van der Waals surface area contributed by atoms with Crippen LogP contribution in [0.4, 0.5) is 11.5 Å². The average Bonchev–Trinajstić information content (AvgIpc) is 2.47. The minimum absolute atomic E-state index is 0.00295. The van der Waals surface area contributed by atoms with Gasteiger partial charge in [-0.2, -0.15) is 0 Å². The highest BCUT2D eigenvalue weighted by atomic mass is 16.2. The van der Waals surface area contributed by atoms with Crippen molar-refractivity contribution in [3.8, 4) is 0 Å². The highest BCUT2D eigenvalue weighted by Gasteiger charge is 2.32. The van der Waals surface area contributed by atoms with E-state index >= 15 is 0 Å². The normalized spacial score (nSPS) is 15.6. The van der Waals surface area contributed by atoms with Crippen molar-refractivity contribution in [3.05, 3.63) is 53.7 Å². The van der Waals surface area contributed by atoms with Crippen LogP contribution in [0, 0.1) is 0 Å². The molecule has 0 radical (unpaired) electrons. The molecule has 0 bridgehead atoms. The maximum absolute atomic E-state index is 12.3. The quantitative estimate of drug-likeness (QED) is 0.894. The van der Waals surface area contributed by atoms with Gasteiger partial charge in [0.05, 0.1) is 0 Å². The first-order chi connectivity index (χ1) is 10.5. The van der Waals surface area contributed by atoms with Gasteiger partial charge in [0.1, 0.15) is 5.82 Å². The number of carbonyl (C=O) groups is 2. The van der Waals surface area contributed by atoms with Crippen molar-refractivity contribution in [3.63, 3.8) is 0 Å². The number of anilines is 2. The van der Waals surface area contributed by atoms with Crippen LogP contribution in [0.1, 0.15) is 36.2 Å². The second-order valence-corrected chi connectivity index (χ2v) is 6.04. The molecule has 0 aliphatic carbocycles. The summed E-state index contributed by atoms with van der Waals surface area (Å²) in [6.07, 6.45) is 2.03. The molecule has 0 saturated carbocycles. The van der Waals surface area contributed by atoms with Crippen LogP contribution < -0.4 is 10.6 Å². The van der Waals surface area contributed by atoms with E-state index in [1.165, 1.54) is 0 Å². The van der Waals surface area contributed by atoms with Crippen LogP contribution in [-0.2, 0) is 10.2 Å². The Bertz CT molecular complexity index is 739. The molecule has 0 atom stereocenters. The molecule has 1 aliphatic rings. The first kappa shape index (κ1) is 14.3. The van der Waals surface area contributed by atoms with Crippen LogP contribution in [-0.4, -0.2) is 16.8 Å². The van der Waals surface area contributed by atoms with E-state index in [4.69, 9.17) is 0 Å². The smallest absolute Gasteiger partial charge is 0.256 e. The topological polar surface area (TPSA) is 71.1 Å². The Balaban J connectivity index is 1.90. The Hall–Kier alpha value is -2.69. The van der Waals surface area contributed by atoms with Crippen molar-refractivity contribution in [2.75, 3.05) is 10.6 Å². The molecule has 2 heterocycles. The number of rotatable bonds is 2. The largest absolute Gasteiger partial charge is 0.326 e. The molecule has 1 aromatic carbocycles. The monoisotopic (exact) mass is 295 g/mol. The van der Waals surface area contributed by atoms with E-state index in [0.29, 0.717) is 17.8 Å². The number of pyridine rings is 1. The third-order valence-electron chi connectivity index (χ3n) is 3.79. The Morgan fingerprint density at radius 2 is 2.09 bits per heavy atom. The zero-order valence-corrected chi connectivity index (χ0v) is 12.5. The maximum Gasteiger partial charge on any atom is 0.256 e. The number of hydrogen-bond donors (Lipinski definition) is 2. The number of fused-ring (bicyclic) bond motifs is 1. The van der Waals surface area contributed by atoms with Gasteiger partial charge in [0.25, 0.3) is 5.91 Å². The van der Waals surface area contributed by atoms with Crippen molar-refractivity contribution in [2.45, 2.75) is 25.7 Å². The zero-order valence-electron chi connectivity index (χ0n) is 12.5. The van der Waals surface area contributed by atoms with Gasteiger partial charge in [0, 0.05) is 29.3 Å². The minimum atomic E-state index is -0.293. The third-order valence-corrected chi connectivity index (χ3v) is 3.79. The van der Waals surface area contributed by atoms with E-state index in [1.54, 1.807) is 30.5 Å². The Kier molecular flexibility index (Phi) is 3.41. The fraction of sp³-hybridized carbons (Fsp3) is 0.235. The van der Waals surface area contributed by atoms with Crippen LogP contribution in [0.5, 0.6) is 0 Å². The first-order valence-electron chi connectivity index (χ1n) is 7.12. The Morgan fingerprint density at radius 3 is 2.82 bits per heavy atom. The van der Waals surface area contributed by atoms with Gasteiger partial charge >= 0.3 is 0 Å². The summed E-state index contributed by atoms with van der Waals surface area (Å²) in [5.41, 5.74) is 2.00. The van der Waals surface area contributed by atoms with Crippen LogP contribution in [0.25, 0.3) is 0 Å². The van der Waals surface area contributed by atoms with Crippen LogP contribution in [0.2, 0.25) is 0 Å². The van der Waals surface area contributed by atoms with Crippen molar-refractivity contribution in [1.82, 2.24) is 4.98 Å². The molecule has 3 rings (SSSR count). The number of amides is 2. The molecule has 2 aromatic rings. The molecule has 22 heavy (non-hydrogen) atoms. The number of nitrogens with zero attached hydrogens (tertiary/aromatic N) is 1. The first-order valence-corrected chi connectivity index (χ1v) is 7.12. The number of hydrogen-bond acceptors (Lipinski definition) is 3. The molecule has 0 unspecified atom stereocenters. The van der Waals surface area contributed by atoms with Crippen LogP contribution in [0.3, 0.4) is 0 Å². The second kappa shape index (κ2) is 5.26. The lowest BCUT2D eigenvalue weighted by atomic mass is 9.77. The van der Waals surface area contributed by atoms with Crippen molar-refractivity contribution < 1.29 is 9.59 Å². The molecule has 2 N–H and O–H groups in total. The van der Waals surface area contributed by atoms with Gasteiger partial charge in [0.15, 0.2) is 0 Å². The molecule has 2 amide bonds. The second-order valence-electron chi connectivity index (χ2n) is 6.04. The minimum Gasteiger partial charge on any atom is -0.326 e. The SMILES string of the molecule is CC1(C)CC(=O)Nc2ccc(C(=O)Nc3ccccn3)cc21. The molecule has 0 saturated heterocycles.